The SMILES string of the molecule is O=C(Cc1ccc(Cl)cc1)NN=Cc1ccccc1F. The van der Waals surface area contributed by atoms with Crippen molar-refractivity contribution in [3.05, 3.63) is 70.5 Å². The first-order chi connectivity index (χ1) is 9.65. The molecular formula is C15H12ClFN2O. The Morgan fingerprint density at radius 1 is 1.20 bits per heavy atom. The Morgan fingerprint density at radius 2 is 1.90 bits per heavy atom. The van der Waals surface area contributed by atoms with Crippen molar-refractivity contribution in [3.63, 3.8) is 0 Å². The predicted molar refractivity (Wildman–Crippen MR) is 77.3 cm³/mol. The van der Waals surface area contributed by atoms with Gasteiger partial charge in [0.15, 0.2) is 0 Å². The van der Waals surface area contributed by atoms with E-state index in [4.69, 9.17) is 11.6 Å². The van der Waals surface area contributed by atoms with E-state index >= 15 is 0 Å². The van der Waals surface area contributed by atoms with Crippen molar-refractivity contribution in [2.45, 2.75) is 6.42 Å². The van der Waals surface area contributed by atoms with Crippen LogP contribution in [0, 0.1) is 5.82 Å². The van der Waals surface area contributed by atoms with Gasteiger partial charge in [-0.2, -0.15) is 5.10 Å². The molecule has 0 saturated carbocycles. The number of hydrogen-bond donors (Lipinski definition) is 1. The monoisotopic (exact) mass is 290 g/mol. The fourth-order valence-corrected chi connectivity index (χ4v) is 1.71. The summed E-state index contributed by atoms with van der Waals surface area (Å²) >= 11 is 5.75. The Hall–Kier alpha value is -2.20. The summed E-state index contributed by atoms with van der Waals surface area (Å²) in [4.78, 5) is 11.6. The van der Waals surface area contributed by atoms with Gasteiger partial charge in [-0.3, -0.25) is 4.79 Å². The number of nitrogens with one attached hydrogen (secondary N) is 1. The summed E-state index contributed by atoms with van der Waals surface area (Å²) in [6.45, 7) is 0. The maximum absolute atomic E-state index is 13.3. The van der Waals surface area contributed by atoms with Gasteiger partial charge >= 0.3 is 0 Å². The fraction of sp³-hybridized carbons (Fsp3) is 0.0667. The molecule has 102 valence electrons. The van der Waals surface area contributed by atoms with Crippen LogP contribution in [0.25, 0.3) is 0 Å². The third-order valence-electron chi connectivity index (χ3n) is 2.58. The molecule has 0 heterocycles. The second-order valence-corrected chi connectivity index (χ2v) is 4.55. The van der Waals surface area contributed by atoms with Crippen molar-refractivity contribution in [2.24, 2.45) is 5.10 Å². The van der Waals surface area contributed by atoms with Gasteiger partial charge in [-0.1, -0.05) is 41.9 Å². The lowest BCUT2D eigenvalue weighted by Gasteiger charge is -2.01. The summed E-state index contributed by atoms with van der Waals surface area (Å²) in [7, 11) is 0. The maximum Gasteiger partial charge on any atom is 0.244 e. The Labute approximate surface area is 121 Å². The lowest BCUT2D eigenvalue weighted by molar-refractivity contribution is -0.120. The quantitative estimate of drug-likeness (QED) is 0.682. The molecule has 0 atom stereocenters. The van der Waals surface area contributed by atoms with Crippen molar-refractivity contribution in [1.82, 2.24) is 5.43 Å². The summed E-state index contributed by atoms with van der Waals surface area (Å²) < 4.78 is 13.3. The molecule has 1 amide bonds. The van der Waals surface area contributed by atoms with Gasteiger partial charge in [0.25, 0.3) is 0 Å². The second-order valence-electron chi connectivity index (χ2n) is 4.12. The summed E-state index contributed by atoms with van der Waals surface area (Å²) in [6, 6.07) is 13.2. The number of halogens is 2. The number of carbonyl (C=O) groups is 1. The van der Waals surface area contributed by atoms with Crippen molar-refractivity contribution in [2.75, 3.05) is 0 Å². The molecule has 0 saturated heterocycles. The van der Waals surface area contributed by atoms with Gasteiger partial charge in [0, 0.05) is 10.6 Å². The van der Waals surface area contributed by atoms with Gasteiger partial charge in [0.2, 0.25) is 5.91 Å². The number of hydrogen-bond acceptors (Lipinski definition) is 2. The van der Waals surface area contributed by atoms with E-state index in [1.165, 1.54) is 12.3 Å². The Bertz CT molecular complexity index is 626. The molecule has 0 aromatic heterocycles. The van der Waals surface area contributed by atoms with E-state index in [9.17, 15) is 9.18 Å². The van der Waals surface area contributed by atoms with Crippen LogP contribution in [0.2, 0.25) is 5.02 Å². The minimum absolute atomic E-state index is 0.186. The minimum atomic E-state index is -0.386. The molecule has 0 fully saturated rings. The highest BCUT2D eigenvalue weighted by Crippen LogP contribution is 2.09. The van der Waals surface area contributed by atoms with Crippen LogP contribution in [0.15, 0.2) is 53.6 Å². The van der Waals surface area contributed by atoms with Crippen molar-refractivity contribution in [1.29, 1.82) is 0 Å². The number of carbonyl (C=O) groups excluding carboxylic acids is 1. The maximum atomic E-state index is 13.3. The van der Waals surface area contributed by atoms with E-state index in [0.29, 0.717) is 10.6 Å². The zero-order chi connectivity index (χ0) is 14.4. The van der Waals surface area contributed by atoms with Crippen LogP contribution in [-0.4, -0.2) is 12.1 Å². The van der Waals surface area contributed by atoms with E-state index in [0.717, 1.165) is 5.56 Å². The van der Waals surface area contributed by atoms with E-state index in [-0.39, 0.29) is 18.1 Å². The lowest BCUT2D eigenvalue weighted by Crippen LogP contribution is -2.19. The molecule has 0 unspecified atom stereocenters. The summed E-state index contributed by atoms with van der Waals surface area (Å²) in [5.41, 5.74) is 3.50. The van der Waals surface area contributed by atoms with E-state index in [1.807, 2.05) is 0 Å². The first-order valence-electron chi connectivity index (χ1n) is 5.96. The van der Waals surface area contributed by atoms with Gasteiger partial charge < -0.3 is 0 Å². The van der Waals surface area contributed by atoms with Gasteiger partial charge in [-0.25, -0.2) is 9.82 Å². The Morgan fingerprint density at radius 3 is 2.60 bits per heavy atom. The molecule has 2 rings (SSSR count). The molecule has 20 heavy (non-hydrogen) atoms. The molecule has 0 radical (unpaired) electrons. The number of rotatable bonds is 4. The van der Waals surface area contributed by atoms with Crippen LogP contribution in [-0.2, 0) is 11.2 Å². The van der Waals surface area contributed by atoms with Crippen LogP contribution >= 0.6 is 11.6 Å². The van der Waals surface area contributed by atoms with E-state index in [2.05, 4.69) is 10.5 Å². The van der Waals surface area contributed by atoms with Crippen LogP contribution < -0.4 is 5.43 Å². The molecule has 2 aromatic rings. The second kappa shape index (κ2) is 6.82. The van der Waals surface area contributed by atoms with Gasteiger partial charge in [-0.05, 0) is 23.8 Å². The summed E-state index contributed by atoms with van der Waals surface area (Å²) in [5.74, 6) is -0.664. The van der Waals surface area contributed by atoms with Crippen LogP contribution in [0.5, 0.6) is 0 Å². The molecule has 0 spiro atoms. The third kappa shape index (κ3) is 4.17. The van der Waals surface area contributed by atoms with Crippen molar-refractivity contribution < 1.29 is 9.18 Å². The Balaban J connectivity index is 1.89. The highest BCUT2D eigenvalue weighted by Gasteiger charge is 2.02. The molecule has 0 bridgehead atoms. The molecule has 5 heteroatoms. The van der Waals surface area contributed by atoms with Crippen molar-refractivity contribution in [3.8, 4) is 0 Å². The molecule has 1 N–H and O–H groups in total. The van der Waals surface area contributed by atoms with Gasteiger partial charge in [-0.15, -0.1) is 0 Å². The highest BCUT2D eigenvalue weighted by atomic mass is 35.5. The van der Waals surface area contributed by atoms with E-state index < -0.39 is 0 Å². The van der Waals surface area contributed by atoms with E-state index in [1.54, 1.807) is 42.5 Å². The topological polar surface area (TPSA) is 41.5 Å². The number of amides is 1. The van der Waals surface area contributed by atoms with Crippen LogP contribution in [0.4, 0.5) is 4.39 Å². The van der Waals surface area contributed by atoms with Gasteiger partial charge in [0.1, 0.15) is 5.82 Å². The average Bonchev–Trinajstić information content (AvgIpc) is 2.43. The number of hydrazone groups is 1. The zero-order valence-electron chi connectivity index (χ0n) is 10.5. The molecule has 0 aliphatic carbocycles. The first kappa shape index (κ1) is 14.2. The van der Waals surface area contributed by atoms with Crippen molar-refractivity contribution >= 4 is 23.7 Å². The number of benzene rings is 2. The van der Waals surface area contributed by atoms with Gasteiger partial charge in [0.05, 0.1) is 12.6 Å². The standard InChI is InChI=1S/C15H12ClFN2O/c16-13-7-5-11(6-8-13)9-15(20)19-18-10-12-3-1-2-4-14(12)17/h1-8,10H,9H2,(H,19,20). The smallest absolute Gasteiger partial charge is 0.244 e. The molecule has 3 nitrogen and oxygen atoms in total. The van der Waals surface area contributed by atoms with Crippen LogP contribution in [0.3, 0.4) is 0 Å². The molecule has 0 aliphatic rings. The largest absolute Gasteiger partial charge is 0.273 e. The number of nitrogens with zero attached hydrogens (tertiary/aromatic N) is 1. The highest BCUT2D eigenvalue weighted by molar-refractivity contribution is 6.30. The summed E-state index contributed by atoms with van der Waals surface area (Å²) in [5, 5.41) is 4.34. The normalized spacial score (nSPS) is 10.7. The Kier molecular flexibility index (Phi) is 4.85. The molecule has 0 aliphatic heterocycles. The first-order valence-corrected chi connectivity index (χ1v) is 6.34. The van der Waals surface area contributed by atoms with Crippen LogP contribution in [0.1, 0.15) is 11.1 Å². The summed E-state index contributed by atoms with van der Waals surface area (Å²) in [6.07, 6.45) is 1.46. The lowest BCUT2D eigenvalue weighted by atomic mass is 10.1. The fourth-order valence-electron chi connectivity index (χ4n) is 1.58. The third-order valence-corrected chi connectivity index (χ3v) is 2.83. The molecular weight excluding hydrogens is 279 g/mol. The predicted octanol–water partition coefficient (Wildman–Crippen LogP) is 3.17. The zero-order valence-corrected chi connectivity index (χ0v) is 11.3. The average molecular weight is 291 g/mol. The minimum Gasteiger partial charge on any atom is -0.273 e. The molecule has 2 aromatic carbocycles.